The Labute approximate surface area is 183 Å². The summed E-state index contributed by atoms with van der Waals surface area (Å²) in [6, 6.07) is 5.51. The molecule has 0 fully saturated rings. The van der Waals surface area contributed by atoms with E-state index in [9.17, 15) is 18.8 Å². The van der Waals surface area contributed by atoms with Crippen molar-refractivity contribution >= 4 is 34.8 Å². The van der Waals surface area contributed by atoms with Gasteiger partial charge in [-0.05, 0) is 51.1 Å². The quantitative estimate of drug-likeness (QED) is 0.561. The van der Waals surface area contributed by atoms with Crippen LogP contribution >= 0.6 is 0 Å². The van der Waals surface area contributed by atoms with Crippen molar-refractivity contribution < 1.29 is 33.0 Å². The zero-order valence-electron chi connectivity index (χ0n) is 17.9. The fraction of sp³-hybridized carbons (Fsp3) is 0.261. The van der Waals surface area contributed by atoms with Crippen molar-refractivity contribution in [2.75, 3.05) is 19.0 Å². The summed E-state index contributed by atoms with van der Waals surface area (Å²) >= 11 is 0. The van der Waals surface area contributed by atoms with Crippen LogP contribution in [0.25, 0.3) is 11.1 Å². The Bertz CT molecular complexity index is 1220. The Morgan fingerprint density at radius 3 is 2.66 bits per heavy atom. The number of carbonyl (C=O) groups excluding carboxylic acids is 3. The first-order chi connectivity index (χ1) is 15.1. The number of nitrogens with zero attached hydrogens (tertiary/aromatic N) is 1. The van der Waals surface area contributed by atoms with Crippen molar-refractivity contribution in [2.45, 2.75) is 26.4 Å². The first-order valence-corrected chi connectivity index (χ1v) is 9.81. The minimum Gasteiger partial charge on any atom is -0.488 e. The van der Waals surface area contributed by atoms with Crippen molar-refractivity contribution in [2.24, 2.45) is 0 Å². The second kappa shape index (κ2) is 7.67. The van der Waals surface area contributed by atoms with E-state index < -0.39 is 29.4 Å². The number of anilines is 1. The molecule has 1 amide bonds. The highest BCUT2D eigenvalue weighted by molar-refractivity contribution is 6.32. The average Bonchev–Trinajstić information content (AvgIpc) is 3.41. The first kappa shape index (κ1) is 21.4. The van der Waals surface area contributed by atoms with Crippen molar-refractivity contribution in [1.82, 2.24) is 4.57 Å². The van der Waals surface area contributed by atoms with Gasteiger partial charge in [0.15, 0.2) is 0 Å². The van der Waals surface area contributed by atoms with Crippen LogP contribution in [0.15, 0.2) is 42.3 Å². The van der Waals surface area contributed by atoms with E-state index in [1.165, 1.54) is 37.6 Å². The zero-order chi connectivity index (χ0) is 23.2. The van der Waals surface area contributed by atoms with Crippen LogP contribution in [0, 0.1) is 5.82 Å². The van der Waals surface area contributed by atoms with Crippen LogP contribution in [0.2, 0.25) is 0 Å². The van der Waals surface area contributed by atoms with E-state index >= 15 is 0 Å². The van der Waals surface area contributed by atoms with Crippen LogP contribution < -0.4 is 5.32 Å². The lowest BCUT2D eigenvalue weighted by Crippen LogP contribution is -2.28. The summed E-state index contributed by atoms with van der Waals surface area (Å²) in [5, 5.41) is 2.62. The fourth-order valence-electron chi connectivity index (χ4n) is 3.46. The van der Waals surface area contributed by atoms with Crippen LogP contribution in [0.1, 0.15) is 42.4 Å². The molecule has 8 nitrogen and oxygen atoms in total. The number of ether oxygens (including phenoxy) is 3. The number of aromatic nitrogens is 1. The lowest BCUT2D eigenvalue weighted by molar-refractivity contribution is -0.110. The van der Waals surface area contributed by atoms with E-state index in [0.717, 1.165) is 4.57 Å². The predicted molar refractivity (Wildman–Crippen MR) is 113 cm³/mol. The number of halogens is 1. The molecule has 0 saturated carbocycles. The Hall–Kier alpha value is -3.88. The number of nitrogens with one attached hydrogen (secondary N) is 1. The summed E-state index contributed by atoms with van der Waals surface area (Å²) in [6.45, 7) is 5.27. The molecule has 0 aliphatic carbocycles. The second-order valence-electron chi connectivity index (χ2n) is 8.30. The third kappa shape index (κ3) is 3.89. The number of allylic oxidation sites excluding steroid dienone is 1. The van der Waals surface area contributed by atoms with E-state index in [1.807, 2.05) is 0 Å². The molecule has 0 bridgehead atoms. The van der Waals surface area contributed by atoms with E-state index in [-0.39, 0.29) is 17.9 Å². The largest absolute Gasteiger partial charge is 0.488 e. The van der Waals surface area contributed by atoms with E-state index in [0.29, 0.717) is 28.1 Å². The summed E-state index contributed by atoms with van der Waals surface area (Å²) in [7, 11) is 1.22. The van der Waals surface area contributed by atoms with Gasteiger partial charge in [0.05, 0.1) is 18.4 Å². The molecule has 166 valence electrons. The minimum atomic E-state index is -0.759. The van der Waals surface area contributed by atoms with Gasteiger partial charge in [0, 0.05) is 22.9 Å². The highest BCUT2D eigenvalue weighted by atomic mass is 19.1. The lowest BCUT2D eigenvalue weighted by Gasteiger charge is -2.20. The smallest absolute Gasteiger partial charge is 0.419 e. The topological polar surface area (TPSA) is 95.9 Å². The van der Waals surface area contributed by atoms with Gasteiger partial charge in [0.1, 0.15) is 29.5 Å². The molecule has 0 spiro atoms. The highest BCUT2D eigenvalue weighted by Gasteiger charge is 2.31. The molecule has 32 heavy (non-hydrogen) atoms. The molecular formula is C23H21FN2O6. The first-order valence-electron chi connectivity index (χ1n) is 9.81. The molecule has 0 atom stereocenters. The van der Waals surface area contributed by atoms with Gasteiger partial charge in [-0.1, -0.05) is 0 Å². The van der Waals surface area contributed by atoms with Crippen LogP contribution in [-0.4, -0.2) is 41.9 Å². The number of hydrogen-bond acceptors (Lipinski definition) is 6. The van der Waals surface area contributed by atoms with Crippen molar-refractivity contribution in [3.63, 3.8) is 0 Å². The van der Waals surface area contributed by atoms with Gasteiger partial charge in [-0.15, -0.1) is 0 Å². The Morgan fingerprint density at radius 1 is 1.22 bits per heavy atom. The van der Waals surface area contributed by atoms with Gasteiger partial charge >= 0.3 is 12.1 Å². The molecule has 0 saturated heterocycles. The van der Waals surface area contributed by atoms with Gasteiger partial charge in [0.25, 0.3) is 5.91 Å². The number of fused-ring (bicyclic) bond motifs is 1. The maximum Gasteiger partial charge on any atom is 0.419 e. The fourth-order valence-corrected chi connectivity index (χ4v) is 3.46. The normalized spacial score (nSPS) is 17.4. The number of esters is 1. The third-order valence-electron chi connectivity index (χ3n) is 4.84. The Kier molecular flexibility index (Phi) is 5.12. The average molecular weight is 440 g/mol. The molecule has 0 radical (unpaired) electrons. The van der Waals surface area contributed by atoms with Crippen LogP contribution in [-0.2, 0) is 19.0 Å². The van der Waals surface area contributed by atoms with E-state index in [2.05, 4.69) is 5.32 Å². The molecule has 1 aromatic heterocycles. The number of methoxy groups -OCH3 is 1. The minimum absolute atomic E-state index is 0.00168. The summed E-state index contributed by atoms with van der Waals surface area (Å²) in [5.74, 6) is -1.25. The number of amides is 1. The lowest BCUT2D eigenvalue weighted by atomic mass is 10.0. The van der Waals surface area contributed by atoms with E-state index in [1.54, 1.807) is 26.8 Å². The molecule has 1 aromatic carbocycles. The maximum absolute atomic E-state index is 13.5. The van der Waals surface area contributed by atoms with Gasteiger partial charge in [-0.3, -0.25) is 4.79 Å². The standard InChI is InChI=1S/C23H21FN2O6/c1-23(2,3)32-22(29)26-10-12(7-17(26)21(28)30-4)13-8-18(31-11-13)19-15-6-5-14(24)9-16(15)25-20(19)27/h5-10H,11H2,1-4H3,(H,25,27)/b19-18+. The molecule has 2 aliphatic heterocycles. The van der Waals surface area contributed by atoms with Crippen LogP contribution in [0.5, 0.6) is 0 Å². The Morgan fingerprint density at radius 2 is 1.97 bits per heavy atom. The molecule has 3 heterocycles. The molecule has 4 rings (SSSR count). The number of hydrogen-bond donors (Lipinski definition) is 1. The summed E-state index contributed by atoms with van der Waals surface area (Å²) in [4.78, 5) is 37.3. The molecule has 0 unspecified atom stereocenters. The van der Waals surface area contributed by atoms with Gasteiger partial charge in [0.2, 0.25) is 0 Å². The second-order valence-corrected chi connectivity index (χ2v) is 8.30. The van der Waals surface area contributed by atoms with Crippen molar-refractivity contribution in [3.05, 3.63) is 64.9 Å². The number of rotatable bonds is 2. The van der Waals surface area contributed by atoms with Crippen LogP contribution in [0.3, 0.4) is 0 Å². The predicted octanol–water partition coefficient (Wildman–Crippen LogP) is 3.97. The van der Waals surface area contributed by atoms with Crippen molar-refractivity contribution in [3.8, 4) is 0 Å². The monoisotopic (exact) mass is 440 g/mol. The number of benzene rings is 1. The molecule has 1 N–H and O–H groups in total. The Balaban J connectivity index is 1.73. The van der Waals surface area contributed by atoms with E-state index in [4.69, 9.17) is 14.2 Å². The summed E-state index contributed by atoms with van der Waals surface area (Å²) in [6.07, 6.45) is 2.39. The highest BCUT2D eigenvalue weighted by Crippen LogP contribution is 2.38. The van der Waals surface area contributed by atoms with Gasteiger partial charge < -0.3 is 19.5 Å². The molecular weight excluding hydrogens is 419 g/mol. The summed E-state index contributed by atoms with van der Waals surface area (Å²) < 4.78 is 30.5. The molecule has 2 aliphatic rings. The SMILES string of the molecule is COC(=O)c1cc(C2=C/C(=C3\C(=O)Nc4cc(F)ccc43)OC2)cn1C(=O)OC(C)(C)C. The van der Waals surface area contributed by atoms with Gasteiger partial charge in [-0.2, -0.15) is 0 Å². The summed E-state index contributed by atoms with van der Waals surface area (Å²) in [5.41, 5.74) is 1.60. The maximum atomic E-state index is 13.5. The molecule has 9 heteroatoms. The van der Waals surface area contributed by atoms with Crippen molar-refractivity contribution in [1.29, 1.82) is 0 Å². The molecule has 2 aromatic rings. The third-order valence-corrected chi connectivity index (χ3v) is 4.84. The van der Waals surface area contributed by atoms with Crippen LogP contribution in [0.4, 0.5) is 14.9 Å². The zero-order valence-corrected chi connectivity index (χ0v) is 17.9. The van der Waals surface area contributed by atoms with Gasteiger partial charge in [-0.25, -0.2) is 18.5 Å². The number of carbonyl (C=O) groups is 3.